The highest BCUT2D eigenvalue weighted by Crippen LogP contribution is 2.10. The van der Waals surface area contributed by atoms with Gasteiger partial charge in [0.05, 0.1) is 6.04 Å². The van der Waals surface area contributed by atoms with Crippen LogP contribution in [0.15, 0.2) is 30.3 Å². The molecule has 0 aromatic heterocycles. The third-order valence-electron chi connectivity index (χ3n) is 2.76. The molecular formula is C13H18N2O3. The molecule has 0 bridgehead atoms. The highest BCUT2D eigenvalue weighted by atomic mass is 16.4. The molecule has 0 amide bonds. The monoisotopic (exact) mass is 250 g/mol. The Balaban J connectivity index is 2.67. The molecule has 0 aliphatic heterocycles. The van der Waals surface area contributed by atoms with Gasteiger partial charge in [-0.3, -0.25) is 9.59 Å². The van der Waals surface area contributed by atoms with Crippen LogP contribution in [0.5, 0.6) is 0 Å². The second kappa shape index (κ2) is 6.88. The van der Waals surface area contributed by atoms with Gasteiger partial charge in [-0.2, -0.15) is 0 Å². The summed E-state index contributed by atoms with van der Waals surface area (Å²) in [4.78, 5) is 22.9. The number of carboxylic acids is 1. The van der Waals surface area contributed by atoms with E-state index in [0.717, 1.165) is 5.56 Å². The van der Waals surface area contributed by atoms with Crippen LogP contribution in [-0.4, -0.2) is 29.4 Å². The number of carbonyl (C=O) groups is 2. The van der Waals surface area contributed by atoms with Gasteiger partial charge in [0.15, 0.2) is 5.78 Å². The second-order valence-corrected chi connectivity index (χ2v) is 4.17. The molecule has 18 heavy (non-hydrogen) atoms. The van der Waals surface area contributed by atoms with Crippen molar-refractivity contribution in [3.8, 4) is 0 Å². The number of aliphatic carboxylic acids is 1. The van der Waals surface area contributed by atoms with Gasteiger partial charge in [0, 0.05) is 0 Å². The van der Waals surface area contributed by atoms with Gasteiger partial charge in [-0.25, -0.2) is 0 Å². The molecule has 0 saturated heterocycles. The molecule has 0 aliphatic carbocycles. The van der Waals surface area contributed by atoms with Crippen molar-refractivity contribution in [3.05, 3.63) is 35.9 Å². The third kappa shape index (κ3) is 3.94. The van der Waals surface area contributed by atoms with Crippen molar-refractivity contribution in [1.29, 1.82) is 0 Å². The number of rotatable bonds is 7. The van der Waals surface area contributed by atoms with Crippen molar-refractivity contribution in [1.82, 2.24) is 0 Å². The first-order chi connectivity index (χ1) is 8.56. The number of nitrogens with two attached hydrogens (primary N) is 2. The summed E-state index contributed by atoms with van der Waals surface area (Å²) in [6, 6.07) is 8.46. The maximum atomic E-state index is 11.9. The minimum absolute atomic E-state index is 0.122. The predicted octanol–water partition coefficient (Wildman–Crippen LogP) is 0.175. The largest absolute Gasteiger partial charge is 0.481 e. The number of carboxylic acid groups (broad SMARTS) is 1. The SMILES string of the molecule is NCCC(C(=O)O)C(=O)C(N)Cc1ccccc1. The Labute approximate surface area is 106 Å². The fourth-order valence-electron chi connectivity index (χ4n) is 1.78. The first kappa shape index (κ1) is 14.3. The third-order valence-corrected chi connectivity index (χ3v) is 2.76. The minimum atomic E-state index is -1.16. The molecule has 0 aliphatic rings. The van der Waals surface area contributed by atoms with Crippen LogP contribution >= 0.6 is 0 Å². The van der Waals surface area contributed by atoms with Gasteiger partial charge in [0.25, 0.3) is 0 Å². The molecule has 0 heterocycles. The molecule has 5 nitrogen and oxygen atoms in total. The Morgan fingerprint density at radius 1 is 1.22 bits per heavy atom. The van der Waals surface area contributed by atoms with Crippen molar-refractivity contribution in [2.45, 2.75) is 18.9 Å². The van der Waals surface area contributed by atoms with E-state index in [9.17, 15) is 9.59 Å². The smallest absolute Gasteiger partial charge is 0.314 e. The molecule has 0 spiro atoms. The summed E-state index contributed by atoms with van der Waals surface area (Å²) in [6.45, 7) is 0.154. The van der Waals surface area contributed by atoms with Crippen LogP contribution in [0.2, 0.25) is 0 Å². The summed E-state index contributed by atoms with van der Waals surface area (Å²) in [5.41, 5.74) is 12.0. The van der Waals surface area contributed by atoms with E-state index in [-0.39, 0.29) is 13.0 Å². The van der Waals surface area contributed by atoms with E-state index in [1.54, 1.807) is 0 Å². The summed E-state index contributed by atoms with van der Waals surface area (Å²) in [5.74, 6) is -2.72. The summed E-state index contributed by atoms with van der Waals surface area (Å²) in [6.07, 6.45) is 0.463. The van der Waals surface area contributed by atoms with Crippen LogP contribution < -0.4 is 11.5 Å². The minimum Gasteiger partial charge on any atom is -0.481 e. The van der Waals surface area contributed by atoms with Crippen molar-refractivity contribution in [2.24, 2.45) is 17.4 Å². The van der Waals surface area contributed by atoms with E-state index >= 15 is 0 Å². The van der Waals surface area contributed by atoms with E-state index in [1.807, 2.05) is 30.3 Å². The number of hydrogen-bond acceptors (Lipinski definition) is 4. The van der Waals surface area contributed by atoms with Crippen molar-refractivity contribution in [3.63, 3.8) is 0 Å². The number of benzene rings is 1. The van der Waals surface area contributed by atoms with E-state index in [0.29, 0.717) is 6.42 Å². The fourth-order valence-corrected chi connectivity index (χ4v) is 1.78. The molecule has 2 atom stereocenters. The van der Waals surface area contributed by atoms with Crippen molar-refractivity contribution in [2.75, 3.05) is 6.54 Å². The standard InChI is InChI=1S/C13H18N2O3/c14-7-6-10(13(17)18)12(16)11(15)8-9-4-2-1-3-5-9/h1-5,10-11H,6-8,14-15H2,(H,17,18). The van der Waals surface area contributed by atoms with Crippen molar-refractivity contribution >= 4 is 11.8 Å². The van der Waals surface area contributed by atoms with Gasteiger partial charge >= 0.3 is 5.97 Å². The predicted molar refractivity (Wildman–Crippen MR) is 67.9 cm³/mol. The number of hydrogen-bond donors (Lipinski definition) is 3. The summed E-state index contributed by atoms with van der Waals surface area (Å²) >= 11 is 0. The molecule has 5 heteroatoms. The number of carbonyl (C=O) groups excluding carboxylic acids is 1. The molecule has 0 saturated carbocycles. The van der Waals surface area contributed by atoms with Gasteiger partial charge < -0.3 is 16.6 Å². The van der Waals surface area contributed by atoms with Gasteiger partial charge in [-0.15, -0.1) is 0 Å². The fraction of sp³-hybridized carbons (Fsp3) is 0.385. The maximum absolute atomic E-state index is 11.9. The topological polar surface area (TPSA) is 106 Å². The van der Waals surface area contributed by atoms with Crippen LogP contribution in [0.25, 0.3) is 0 Å². The molecule has 0 radical (unpaired) electrons. The lowest BCUT2D eigenvalue weighted by atomic mass is 9.92. The van der Waals surface area contributed by atoms with E-state index in [2.05, 4.69) is 0 Å². The van der Waals surface area contributed by atoms with Crippen molar-refractivity contribution < 1.29 is 14.7 Å². The zero-order valence-corrected chi connectivity index (χ0v) is 10.1. The van der Waals surface area contributed by atoms with Crippen LogP contribution in [0.1, 0.15) is 12.0 Å². The van der Waals surface area contributed by atoms with E-state index in [4.69, 9.17) is 16.6 Å². The quantitative estimate of drug-likeness (QED) is 0.598. The zero-order valence-electron chi connectivity index (χ0n) is 10.1. The molecule has 98 valence electrons. The number of Topliss-reactive ketones (excluding diaryl/α,β-unsaturated/α-hetero) is 1. The molecule has 2 unspecified atom stereocenters. The average Bonchev–Trinajstić information content (AvgIpc) is 2.36. The normalized spacial score (nSPS) is 13.9. The Kier molecular flexibility index (Phi) is 5.48. The Morgan fingerprint density at radius 3 is 2.33 bits per heavy atom. The highest BCUT2D eigenvalue weighted by molar-refractivity contribution is 6.01. The van der Waals surface area contributed by atoms with Gasteiger partial charge in [-0.1, -0.05) is 30.3 Å². The van der Waals surface area contributed by atoms with Gasteiger partial charge in [0.2, 0.25) is 0 Å². The maximum Gasteiger partial charge on any atom is 0.314 e. The first-order valence-electron chi connectivity index (χ1n) is 5.82. The molecule has 0 fully saturated rings. The summed E-state index contributed by atoms with van der Waals surface area (Å²) < 4.78 is 0. The Morgan fingerprint density at radius 2 is 1.83 bits per heavy atom. The van der Waals surface area contributed by atoms with Crippen LogP contribution in [0.3, 0.4) is 0 Å². The van der Waals surface area contributed by atoms with Gasteiger partial charge in [0.1, 0.15) is 5.92 Å². The Bertz CT molecular complexity index is 406. The lowest BCUT2D eigenvalue weighted by Crippen LogP contribution is -2.41. The lowest BCUT2D eigenvalue weighted by molar-refractivity contribution is -0.146. The average molecular weight is 250 g/mol. The van der Waals surface area contributed by atoms with Crippen LogP contribution in [0.4, 0.5) is 0 Å². The second-order valence-electron chi connectivity index (χ2n) is 4.17. The highest BCUT2D eigenvalue weighted by Gasteiger charge is 2.29. The van der Waals surface area contributed by atoms with Crippen LogP contribution in [-0.2, 0) is 16.0 Å². The zero-order chi connectivity index (χ0) is 13.5. The first-order valence-corrected chi connectivity index (χ1v) is 5.82. The van der Waals surface area contributed by atoms with E-state index < -0.39 is 23.7 Å². The number of ketones is 1. The molecular weight excluding hydrogens is 232 g/mol. The van der Waals surface area contributed by atoms with E-state index in [1.165, 1.54) is 0 Å². The molecule has 1 aromatic rings. The van der Waals surface area contributed by atoms with Crippen LogP contribution in [0, 0.1) is 5.92 Å². The summed E-state index contributed by atoms with van der Waals surface area (Å²) in [5, 5.41) is 8.96. The van der Waals surface area contributed by atoms with Gasteiger partial charge in [-0.05, 0) is 24.9 Å². The molecule has 1 rings (SSSR count). The summed E-state index contributed by atoms with van der Waals surface area (Å²) in [7, 11) is 0. The lowest BCUT2D eigenvalue weighted by Gasteiger charge is -2.16. The molecule has 5 N–H and O–H groups in total. The molecule has 1 aromatic carbocycles. The Hall–Kier alpha value is -1.72.